The Hall–Kier alpha value is -3.62. The monoisotopic (exact) mass is 540 g/mol. The van der Waals surface area contributed by atoms with Gasteiger partial charge in [0, 0.05) is 85.1 Å². The van der Waals surface area contributed by atoms with Gasteiger partial charge >= 0.3 is 0 Å². The van der Waals surface area contributed by atoms with Crippen molar-refractivity contribution in [2.45, 2.75) is 71.2 Å². The Kier molecular flexibility index (Phi) is 7.38. The summed E-state index contributed by atoms with van der Waals surface area (Å²) in [5.41, 5.74) is 11.9. The van der Waals surface area contributed by atoms with Gasteiger partial charge in [0.25, 0.3) is 0 Å². The van der Waals surface area contributed by atoms with Crippen molar-refractivity contribution in [3.8, 4) is 0 Å². The van der Waals surface area contributed by atoms with Crippen LogP contribution >= 0.6 is 0 Å². The number of pyridine rings is 3. The minimum absolute atomic E-state index is 0.0966. The van der Waals surface area contributed by atoms with E-state index in [9.17, 15) is 9.18 Å². The molecule has 1 unspecified atom stereocenters. The minimum atomic E-state index is -0.412. The van der Waals surface area contributed by atoms with Crippen LogP contribution in [-0.4, -0.2) is 38.6 Å². The molecule has 1 aliphatic carbocycles. The van der Waals surface area contributed by atoms with Gasteiger partial charge in [-0.25, -0.2) is 4.39 Å². The van der Waals surface area contributed by atoms with Crippen molar-refractivity contribution in [3.05, 3.63) is 99.1 Å². The van der Waals surface area contributed by atoms with E-state index < -0.39 is 5.82 Å². The molecule has 2 aliphatic rings. The molecule has 0 radical (unpaired) electrons. The number of anilines is 1. The number of hydrogen-bond acceptors (Lipinski definition) is 6. The predicted molar refractivity (Wildman–Crippen MR) is 157 cm³/mol. The van der Waals surface area contributed by atoms with Crippen LogP contribution < -0.4 is 16.1 Å². The van der Waals surface area contributed by atoms with Crippen LogP contribution in [0.2, 0.25) is 0 Å². The average Bonchev–Trinajstić information content (AvgIpc) is 3.80. The van der Waals surface area contributed by atoms with Crippen molar-refractivity contribution in [1.82, 2.24) is 19.4 Å². The lowest BCUT2D eigenvalue weighted by atomic mass is 10.0. The van der Waals surface area contributed by atoms with E-state index in [2.05, 4.69) is 48.6 Å². The molecule has 0 spiro atoms. The number of halogens is 1. The van der Waals surface area contributed by atoms with Crippen molar-refractivity contribution in [3.63, 3.8) is 0 Å². The van der Waals surface area contributed by atoms with Crippen molar-refractivity contribution in [2.75, 3.05) is 18.0 Å². The molecule has 0 amide bonds. The van der Waals surface area contributed by atoms with Gasteiger partial charge in [0.1, 0.15) is 5.82 Å². The van der Waals surface area contributed by atoms with Crippen LogP contribution in [0.1, 0.15) is 59.8 Å². The summed E-state index contributed by atoms with van der Waals surface area (Å²) < 4.78 is 17.0. The molecule has 2 N–H and O–H groups in total. The van der Waals surface area contributed by atoms with Crippen molar-refractivity contribution in [2.24, 2.45) is 5.73 Å². The lowest BCUT2D eigenvalue weighted by Gasteiger charge is -2.40. The first-order valence-electron chi connectivity index (χ1n) is 14.3. The fourth-order valence-electron chi connectivity index (χ4n) is 6.00. The van der Waals surface area contributed by atoms with Gasteiger partial charge < -0.3 is 15.2 Å². The first kappa shape index (κ1) is 26.6. The molecule has 40 heavy (non-hydrogen) atoms. The number of hydrogen-bond donors (Lipinski definition) is 1. The summed E-state index contributed by atoms with van der Waals surface area (Å²) in [7, 11) is 0. The second kappa shape index (κ2) is 11.1. The smallest absolute Gasteiger partial charge is 0.193 e. The van der Waals surface area contributed by atoms with Crippen LogP contribution in [0.3, 0.4) is 0 Å². The maximum atomic E-state index is 14.8. The molecule has 208 valence electrons. The maximum absolute atomic E-state index is 14.8. The Morgan fingerprint density at radius 3 is 2.60 bits per heavy atom. The molecular formula is C32H37FN6O. The number of nitrogens with zero attached hydrogens (tertiary/aromatic N) is 5. The molecule has 8 heteroatoms. The number of benzene rings is 1. The molecule has 1 aliphatic heterocycles. The van der Waals surface area contributed by atoms with Gasteiger partial charge in [-0.1, -0.05) is 0 Å². The highest BCUT2D eigenvalue weighted by Gasteiger charge is 2.29. The van der Waals surface area contributed by atoms with Gasteiger partial charge in [-0.2, -0.15) is 0 Å². The van der Waals surface area contributed by atoms with Crippen molar-refractivity contribution < 1.29 is 4.39 Å². The average molecular weight is 541 g/mol. The van der Waals surface area contributed by atoms with E-state index in [1.807, 2.05) is 32.4 Å². The van der Waals surface area contributed by atoms with Gasteiger partial charge in [-0.3, -0.25) is 19.7 Å². The summed E-state index contributed by atoms with van der Waals surface area (Å²) in [5.74, 6) is -0.412. The Morgan fingerprint density at radius 1 is 1.02 bits per heavy atom. The third-order valence-electron chi connectivity index (χ3n) is 8.33. The molecule has 1 saturated heterocycles. The number of rotatable bonds is 8. The second-order valence-electron chi connectivity index (χ2n) is 11.4. The van der Waals surface area contributed by atoms with E-state index in [1.54, 1.807) is 6.07 Å². The Bertz CT molecular complexity index is 1580. The number of aryl methyl sites for hydroxylation is 2. The standard InChI is InChI=1S/C32H37FN6O/c1-21-5-6-27(16-36-21)37-11-3-4-28(20-37)38(17-23-9-10-35-22(2)12-23)18-25-19-39(26-7-8-26)31-13-24(15-34)30(33)14-29(31)32(25)40/h5-6,9-10,12-14,16,19,26,28H,3-4,7-8,11,15,17-18,20,34H2,1-2H3. The molecule has 1 saturated carbocycles. The highest BCUT2D eigenvalue weighted by atomic mass is 19.1. The van der Waals surface area contributed by atoms with E-state index in [0.717, 1.165) is 61.4 Å². The van der Waals surface area contributed by atoms with E-state index in [-0.39, 0.29) is 18.0 Å². The number of piperidine rings is 1. The molecule has 6 rings (SSSR count). The predicted octanol–water partition coefficient (Wildman–Crippen LogP) is 5.01. The first-order valence-corrected chi connectivity index (χ1v) is 14.3. The van der Waals surface area contributed by atoms with Gasteiger partial charge in [0.05, 0.1) is 17.4 Å². The molecule has 0 bridgehead atoms. The normalized spacial score (nSPS) is 17.6. The minimum Gasteiger partial charge on any atom is -0.369 e. The highest BCUT2D eigenvalue weighted by Crippen LogP contribution is 2.37. The van der Waals surface area contributed by atoms with Crippen molar-refractivity contribution >= 4 is 16.6 Å². The van der Waals surface area contributed by atoms with Gasteiger partial charge in [0.15, 0.2) is 5.43 Å². The zero-order chi connectivity index (χ0) is 27.8. The third kappa shape index (κ3) is 5.51. The zero-order valence-corrected chi connectivity index (χ0v) is 23.3. The van der Waals surface area contributed by atoms with E-state index in [4.69, 9.17) is 5.73 Å². The SMILES string of the molecule is Cc1ccc(N2CCCC(N(Cc3ccnc(C)c3)Cc3cn(C4CC4)c4cc(CN)c(F)cc4c3=O)C2)cn1. The first-order chi connectivity index (χ1) is 19.4. The van der Waals surface area contributed by atoms with E-state index in [0.29, 0.717) is 35.6 Å². The van der Waals surface area contributed by atoms with Crippen molar-refractivity contribution in [1.29, 1.82) is 0 Å². The molecule has 2 fully saturated rings. The maximum Gasteiger partial charge on any atom is 0.193 e. The largest absolute Gasteiger partial charge is 0.369 e. The van der Waals surface area contributed by atoms with E-state index >= 15 is 0 Å². The summed E-state index contributed by atoms with van der Waals surface area (Å²) >= 11 is 0. The Morgan fingerprint density at radius 2 is 1.88 bits per heavy atom. The van der Waals surface area contributed by atoms with Crippen LogP contribution in [0.15, 0.2) is 59.8 Å². The topological polar surface area (TPSA) is 80.3 Å². The van der Waals surface area contributed by atoms with Crippen LogP contribution in [-0.2, 0) is 19.6 Å². The fourth-order valence-corrected chi connectivity index (χ4v) is 6.00. The fraction of sp³-hybridized carbons (Fsp3) is 0.406. The molecule has 1 aromatic carbocycles. The highest BCUT2D eigenvalue weighted by molar-refractivity contribution is 5.81. The van der Waals surface area contributed by atoms with Crippen LogP contribution in [0.25, 0.3) is 10.9 Å². The van der Waals surface area contributed by atoms with Crippen LogP contribution in [0.5, 0.6) is 0 Å². The molecule has 4 heterocycles. The molecule has 4 aromatic rings. The summed E-state index contributed by atoms with van der Waals surface area (Å²) in [6, 6.07) is 12.1. The van der Waals surface area contributed by atoms with E-state index in [1.165, 1.54) is 11.6 Å². The third-order valence-corrected chi connectivity index (χ3v) is 8.33. The van der Waals surface area contributed by atoms with Crippen LogP contribution in [0, 0.1) is 19.7 Å². The molecule has 3 aromatic heterocycles. The number of aromatic nitrogens is 3. The summed E-state index contributed by atoms with van der Waals surface area (Å²) in [6.45, 7) is 7.15. The van der Waals surface area contributed by atoms with Crippen LogP contribution in [0.4, 0.5) is 10.1 Å². The summed E-state index contributed by atoms with van der Waals surface area (Å²) in [5, 5.41) is 0.440. The number of nitrogens with two attached hydrogens (primary N) is 1. The summed E-state index contributed by atoms with van der Waals surface area (Å²) in [6.07, 6.45) is 10.1. The lowest BCUT2D eigenvalue weighted by molar-refractivity contribution is 0.158. The second-order valence-corrected chi connectivity index (χ2v) is 11.4. The number of fused-ring (bicyclic) bond motifs is 1. The Balaban J connectivity index is 1.37. The zero-order valence-electron chi connectivity index (χ0n) is 23.3. The summed E-state index contributed by atoms with van der Waals surface area (Å²) in [4.78, 5) is 27.6. The van der Waals surface area contributed by atoms with Gasteiger partial charge in [0.2, 0.25) is 0 Å². The molecule has 1 atom stereocenters. The molecular weight excluding hydrogens is 503 g/mol. The Labute approximate surface area is 234 Å². The lowest BCUT2D eigenvalue weighted by Crippen LogP contribution is -2.48. The molecule has 7 nitrogen and oxygen atoms in total. The van der Waals surface area contributed by atoms with Gasteiger partial charge in [-0.15, -0.1) is 0 Å². The quantitative estimate of drug-likeness (QED) is 0.338. The van der Waals surface area contributed by atoms with Gasteiger partial charge in [-0.05, 0) is 81.5 Å².